The van der Waals surface area contributed by atoms with E-state index >= 15 is 0 Å². The molecular formula is C23H21N3O4. The van der Waals surface area contributed by atoms with Gasteiger partial charge in [0.2, 0.25) is 0 Å². The van der Waals surface area contributed by atoms with Crippen molar-refractivity contribution in [3.8, 4) is 28.4 Å². The molecule has 0 aromatic heterocycles. The number of hydrogen-bond donors (Lipinski definition) is 0. The van der Waals surface area contributed by atoms with Crippen molar-refractivity contribution in [2.45, 2.75) is 13.8 Å². The predicted octanol–water partition coefficient (Wildman–Crippen LogP) is 3.54. The van der Waals surface area contributed by atoms with Crippen LogP contribution in [0.25, 0.3) is 22.6 Å². The number of hydrogen-bond acceptors (Lipinski definition) is 5. The second-order valence-electron chi connectivity index (χ2n) is 7.01. The van der Waals surface area contributed by atoms with Crippen molar-refractivity contribution in [3.63, 3.8) is 0 Å². The van der Waals surface area contributed by atoms with Gasteiger partial charge in [-0.05, 0) is 43.2 Å². The van der Waals surface area contributed by atoms with Crippen LogP contribution in [0.2, 0.25) is 0 Å². The van der Waals surface area contributed by atoms with Crippen molar-refractivity contribution in [1.29, 1.82) is 0 Å². The number of methoxy groups -OCH3 is 2. The summed E-state index contributed by atoms with van der Waals surface area (Å²) in [5, 5.41) is 4.47. The number of nitrogens with zero attached hydrogens (tertiary/aromatic N) is 3. The van der Waals surface area contributed by atoms with Crippen LogP contribution in [0.4, 0.5) is 0 Å². The second kappa shape index (κ2) is 7.51. The Morgan fingerprint density at radius 2 is 1.77 bits per heavy atom. The smallest absolute Gasteiger partial charge is 0.341 e. The fraction of sp³-hybridized carbons (Fsp3) is 0.174. The minimum atomic E-state index is -0.574. The summed E-state index contributed by atoms with van der Waals surface area (Å²) in [6.07, 6.45) is 3.28. The van der Waals surface area contributed by atoms with E-state index in [1.807, 2.05) is 56.3 Å². The van der Waals surface area contributed by atoms with Crippen LogP contribution in [0.3, 0.4) is 0 Å². The van der Waals surface area contributed by atoms with Crippen LogP contribution in [-0.4, -0.2) is 34.5 Å². The highest BCUT2D eigenvalue weighted by Crippen LogP contribution is 2.29. The van der Waals surface area contributed by atoms with E-state index in [4.69, 9.17) is 9.47 Å². The number of carbonyl (C=O) groups excluding carboxylic acids is 1. The predicted molar refractivity (Wildman–Crippen MR) is 113 cm³/mol. The van der Waals surface area contributed by atoms with Crippen LogP contribution >= 0.6 is 0 Å². The summed E-state index contributed by atoms with van der Waals surface area (Å²) in [6, 6.07) is 13.1. The van der Waals surface area contributed by atoms with E-state index in [9.17, 15) is 9.59 Å². The van der Waals surface area contributed by atoms with Gasteiger partial charge < -0.3 is 14.0 Å². The summed E-state index contributed by atoms with van der Waals surface area (Å²) >= 11 is 0. The first-order chi connectivity index (χ1) is 14.4. The minimum absolute atomic E-state index is 0.197. The molecule has 0 N–H and O–H groups in total. The lowest BCUT2D eigenvalue weighted by molar-refractivity contribution is 0.0600. The molecule has 0 saturated carbocycles. The van der Waals surface area contributed by atoms with Crippen molar-refractivity contribution < 1.29 is 14.3 Å². The van der Waals surface area contributed by atoms with E-state index in [1.165, 1.54) is 11.8 Å². The standard InChI is InChI=1S/C23H21N3O4/c1-14-9-10-20(29-3)19(11-14)25-12-16-21(17(13-25)23(28)30-4)24-26(22(16)27)18-8-6-5-7-15(18)2/h5-13H,1-4H3. The largest absolute Gasteiger partial charge is 0.495 e. The fourth-order valence-electron chi connectivity index (χ4n) is 3.47. The van der Waals surface area contributed by atoms with Crippen LogP contribution < -0.4 is 10.3 Å². The van der Waals surface area contributed by atoms with Gasteiger partial charge in [-0.1, -0.05) is 24.3 Å². The third-order valence-corrected chi connectivity index (χ3v) is 5.03. The third-order valence-electron chi connectivity index (χ3n) is 5.03. The summed E-state index contributed by atoms with van der Waals surface area (Å²) in [5.41, 5.74) is 3.75. The highest BCUT2D eigenvalue weighted by atomic mass is 16.5. The molecule has 7 heteroatoms. The Labute approximate surface area is 173 Å². The minimum Gasteiger partial charge on any atom is -0.495 e. The molecule has 2 aliphatic heterocycles. The first-order valence-corrected chi connectivity index (χ1v) is 9.39. The maximum Gasteiger partial charge on any atom is 0.341 e. The van der Waals surface area contributed by atoms with Gasteiger partial charge in [-0.2, -0.15) is 9.78 Å². The number of pyridine rings is 1. The normalized spacial score (nSPS) is 10.9. The van der Waals surface area contributed by atoms with Gasteiger partial charge in [0, 0.05) is 12.4 Å². The van der Waals surface area contributed by atoms with Crippen molar-refractivity contribution in [2.24, 2.45) is 0 Å². The molecule has 0 fully saturated rings. The summed E-state index contributed by atoms with van der Waals surface area (Å²) in [5.74, 6) is 0.0370. The quantitative estimate of drug-likeness (QED) is 0.487. The van der Waals surface area contributed by atoms with E-state index in [0.29, 0.717) is 22.7 Å². The third kappa shape index (κ3) is 3.14. The van der Waals surface area contributed by atoms with Crippen molar-refractivity contribution in [1.82, 2.24) is 14.3 Å². The average molecular weight is 403 g/mol. The maximum atomic E-state index is 13.3. The zero-order valence-corrected chi connectivity index (χ0v) is 17.2. The number of aryl methyl sites for hydroxylation is 2. The molecule has 0 spiro atoms. The lowest BCUT2D eigenvalue weighted by Crippen LogP contribution is -2.16. The summed E-state index contributed by atoms with van der Waals surface area (Å²) < 4.78 is 13.5. The van der Waals surface area contributed by atoms with Crippen molar-refractivity contribution in [2.75, 3.05) is 14.2 Å². The van der Waals surface area contributed by atoms with Crippen LogP contribution in [0.15, 0.2) is 59.7 Å². The molecule has 2 aliphatic rings. The molecule has 0 radical (unpaired) electrons. The SMILES string of the molecule is COC(=O)c1cn(-c2cc(C)ccc2OC)cc2c(=O)n(-c3ccccc3C)nc1-2. The number of aromatic nitrogens is 3. The molecule has 0 saturated heterocycles. The zero-order chi connectivity index (χ0) is 21.4. The van der Waals surface area contributed by atoms with E-state index < -0.39 is 5.97 Å². The summed E-state index contributed by atoms with van der Waals surface area (Å²) in [4.78, 5) is 25.8. The van der Waals surface area contributed by atoms with Crippen LogP contribution in [0, 0.1) is 13.8 Å². The van der Waals surface area contributed by atoms with Crippen LogP contribution in [0.5, 0.6) is 5.75 Å². The van der Waals surface area contributed by atoms with Crippen molar-refractivity contribution >= 4 is 5.97 Å². The molecule has 7 nitrogen and oxygen atoms in total. The molecule has 0 unspecified atom stereocenters. The first-order valence-electron chi connectivity index (χ1n) is 9.39. The van der Waals surface area contributed by atoms with Crippen LogP contribution in [-0.2, 0) is 4.74 Å². The Bertz CT molecular complexity index is 1290. The Morgan fingerprint density at radius 3 is 2.47 bits per heavy atom. The van der Waals surface area contributed by atoms with Gasteiger partial charge in [-0.3, -0.25) is 4.79 Å². The topological polar surface area (TPSA) is 75.3 Å². The lowest BCUT2D eigenvalue weighted by Gasteiger charge is -2.15. The van der Waals surface area contributed by atoms with Gasteiger partial charge in [0.05, 0.1) is 31.2 Å². The molecule has 4 rings (SSSR count). The average Bonchev–Trinajstić information content (AvgIpc) is 3.09. The maximum absolute atomic E-state index is 13.3. The molecule has 30 heavy (non-hydrogen) atoms. The fourth-order valence-corrected chi connectivity index (χ4v) is 3.47. The van der Waals surface area contributed by atoms with E-state index in [2.05, 4.69) is 5.10 Å². The van der Waals surface area contributed by atoms with E-state index in [-0.39, 0.29) is 16.8 Å². The molecular weight excluding hydrogens is 382 g/mol. The number of esters is 1. The molecule has 0 aliphatic carbocycles. The number of rotatable bonds is 4. The number of fused-ring (bicyclic) bond motifs is 1. The highest BCUT2D eigenvalue weighted by molar-refractivity contribution is 5.96. The van der Waals surface area contributed by atoms with E-state index in [0.717, 1.165) is 11.1 Å². The number of benzene rings is 2. The molecule has 0 bridgehead atoms. The van der Waals surface area contributed by atoms with E-state index in [1.54, 1.807) is 24.1 Å². The second-order valence-corrected chi connectivity index (χ2v) is 7.01. The summed E-state index contributed by atoms with van der Waals surface area (Å²) in [7, 11) is 2.87. The van der Waals surface area contributed by atoms with Crippen molar-refractivity contribution in [3.05, 3.63) is 81.9 Å². The van der Waals surface area contributed by atoms with Gasteiger partial charge in [0.1, 0.15) is 17.0 Å². The Kier molecular flexibility index (Phi) is 4.87. The zero-order valence-electron chi connectivity index (χ0n) is 17.2. The first kappa shape index (κ1) is 19.4. The van der Waals surface area contributed by atoms with Gasteiger partial charge in [-0.25, -0.2) is 4.79 Å². The number of para-hydroxylation sites is 1. The molecule has 2 heterocycles. The van der Waals surface area contributed by atoms with Gasteiger partial charge in [0.25, 0.3) is 5.56 Å². The number of ether oxygens (including phenoxy) is 2. The molecule has 0 atom stereocenters. The van der Waals surface area contributed by atoms with Gasteiger partial charge >= 0.3 is 5.97 Å². The Balaban J connectivity index is 2.05. The Hall–Kier alpha value is -3.87. The van der Waals surface area contributed by atoms with Gasteiger partial charge in [0.15, 0.2) is 0 Å². The number of carbonyl (C=O) groups is 1. The molecule has 2 aromatic carbocycles. The highest BCUT2D eigenvalue weighted by Gasteiger charge is 2.26. The van der Waals surface area contributed by atoms with Crippen LogP contribution in [0.1, 0.15) is 21.5 Å². The molecule has 152 valence electrons. The molecule has 0 amide bonds. The molecule has 2 aromatic rings. The Morgan fingerprint density at radius 1 is 1.00 bits per heavy atom. The summed E-state index contributed by atoms with van der Waals surface area (Å²) in [6.45, 7) is 3.86. The monoisotopic (exact) mass is 403 g/mol. The van der Waals surface area contributed by atoms with Gasteiger partial charge in [-0.15, -0.1) is 0 Å². The lowest BCUT2D eigenvalue weighted by atomic mass is 10.1.